The first kappa shape index (κ1) is 17.5. The van der Waals surface area contributed by atoms with E-state index in [1.54, 1.807) is 24.3 Å². The maximum atomic E-state index is 12.7. The van der Waals surface area contributed by atoms with Gasteiger partial charge in [-0.2, -0.15) is 11.8 Å². The van der Waals surface area contributed by atoms with Crippen LogP contribution in [0.1, 0.15) is 36.8 Å². The van der Waals surface area contributed by atoms with E-state index in [1.165, 1.54) is 16.7 Å². The van der Waals surface area contributed by atoms with Gasteiger partial charge in [0.05, 0.1) is 16.9 Å². The van der Waals surface area contributed by atoms with E-state index in [0.29, 0.717) is 29.2 Å². The standard InChI is InChI=1S/C21H18N2O3S/c1-13-19(16-8-4-5-9-17(16)22-13)18(24)12-27-11-10-23-20(25)14-6-2-3-7-15(14)21(23)26/h2-9,22H,10-12H2,1H3. The number of nitrogens with zero attached hydrogens (tertiary/aromatic N) is 1. The first-order valence-corrected chi connectivity index (χ1v) is 9.87. The third-order valence-electron chi connectivity index (χ3n) is 4.74. The zero-order valence-corrected chi connectivity index (χ0v) is 15.6. The second-order valence-electron chi connectivity index (χ2n) is 6.45. The van der Waals surface area contributed by atoms with Gasteiger partial charge in [0, 0.05) is 34.5 Å². The number of para-hydroxylation sites is 1. The van der Waals surface area contributed by atoms with E-state index in [1.807, 2.05) is 31.2 Å². The van der Waals surface area contributed by atoms with E-state index in [4.69, 9.17) is 0 Å². The third-order valence-corrected chi connectivity index (χ3v) is 5.68. The van der Waals surface area contributed by atoms with Gasteiger partial charge in [-0.3, -0.25) is 19.3 Å². The fourth-order valence-corrected chi connectivity index (χ4v) is 4.26. The lowest BCUT2D eigenvalue weighted by Gasteiger charge is -2.13. The molecule has 136 valence electrons. The Hall–Kier alpha value is -2.86. The molecule has 0 unspecified atom stereocenters. The van der Waals surface area contributed by atoms with Crippen molar-refractivity contribution in [2.45, 2.75) is 6.92 Å². The van der Waals surface area contributed by atoms with Crippen LogP contribution in [0.25, 0.3) is 10.9 Å². The highest BCUT2D eigenvalue weighted by atomic mass is 32.2. The minimum Gasteiger partial charge on any atom is -0.358 e. The fraction of sp³-hybridized carbons (Fsp3) is 0.190. The highest BCUT2D eigenvalue weighted by molar-refractivity contribution is 8.00. The van der Waals surface area contributed by atoms with E-state index in [0.717, 1.165) is 22.2 Å². The van der Waals surface area contributed by atoms with Gasteiger partial charge in [0.15, 0.2) is 5.78 Å². The number of H-pyrrole nitrogens is 1. The van der Waals surface area contributed by atoms with Crippen LogP contribution in [0, 0.1) is 6.92 Å². The summed E-state index contributed by atoms with van der Waals surface area (Å²) < 4.78 is 0. The number of hydrogen-bond donors (Lipinski definition) is 1. The summed E-state index contributed by atoms with van der Waals surface area (Å²) in [5.41, 5.74) is 3.45. The predicted molar refractivity (Wildman–Crippen MR) is 107 cm³/mol. The van der Waals surface area contributed by atoms with Crippen LogP contribution in [0.2, 0.25) is 0 Å². The van der Waals surface area contributed by atoms with Crippen LogP contribution < -0.4 is 0 Å². The Morgan fingerprint density at radius 2 is 1.63 bits per heavy atom. The van der Waals surface area contributed by atoms with Crippen molar-refractivity contribution in [3.63, 3.8) is 0 Å². The number of rotatable bonds is 6. The zero-order valence-electron chi connectivity index (χ0n) is 14.8. The number of benzene rings is 2. The number of imide groups is 1. The van der Waals surface area contributed by atoms with Gasteiger partial charge in [0.25, 0.3) is 11.8 Å². The molecule has 0 saturated heterocycles. The molecule has 0 atom stereocenters. The second-order valence-corrected chi connectivity index (χ2v) is 7.56. The van der Waals surface area contributed by atoms with Crippen molar-refractivity contribution in [3.05, 3.63) is 70.9 Å². The van der Waals surface area contributed by atoms with Gasteiger partial charge in [-0.25, -0.2) is 0 Å². The normalized spacial score (nSPS) is 13.4. The van der Waals surface area contributed by atoms with Crippen molar-refractivity contribution < 1.29 is 14.4 Å². The lowest BCUT2D eigenvalue weighted by molar-refractivity contribution is 0.0664. The largest absolute Gasteiger partial charge is 0.358 e. The molecule has 1 N–H and O–H groups in total. The van der Waals surface area contributed by atoms with Gasteiger partial charge in [0.2, 0.25) is 0 Å². The number of thioether (sulfide) groups is 1. The summed E-state index contributed by atoms with van der Waals surface area (Å²) in [6.45, 7) is 2.20. The van der Waals surface area contributed by atoms with Gasteiger partial charge in [-0.05, 0) is 25.1 Å². The van der Waals surface area contributed by atoms with E-state index in [-0.39, 0.29) is 17.6 Å². The fourth-order valence-electron chi connectivity index (χ4n) is 3.47. The average molecular weight is 378 g/mol. The smallest absolute Gasteiger partial charge is 0.261 e. The molecule has 2 amide bonds. The Balaban J connectivity index is 1.37. The number of aromatic amines is 1. The van der Waals surface area contributed by atoms with Gasteiger partial charge < -0.3 is 4.98 Å². The van der Waals surface area contributed by atoms with Gasteiger partial charge in [-0.1, -0.05) is 30.3 Å². The number of Topliss-reactive ketones (excluding diaryl/α,β-unsaturated/α-hetero) is 1. The van der Waals surface area contributed by atoms with Gasteiger partial charge in [-0.15, -0.1) is 0 Å². The lowest BCUT2D eigenvalue weighted by atomic mass is 10.1. The molecule has 0 bridgehead atoms. The molecule has 4 rings (SSSR count). The molecule has 0 aliphatic carbocycles. The van der Waals surface area contributed by atoms with Crippen LogP contribution in [0.4, 0.5) is 0 Å². The minimum absolute atomic E-state index is 0.0531. The molecule has 5 nitrogen and oxygen atoms in total. The topological polar surface area (TPSA) is 70.2 Å². The first-order valence-electron chi connectivity index (χ1n) is 8.71. The predicted octanol–water partition coefficient (Wildman–Crippen LogP) is 3.69. The molecule has 3 aromatic rings. The Bertz CT molecular complexity index is 1040. The van der Waals surface area contributed by atoms with Gasteiger partial charge >= 0.3 is 0 Å². The summed E-state index contributed by atoms with van der Waals surface area (Å²) in [4.78, 5) is 41.8. The molecular formula is C21H18N2O3S. The molecule has 1 aliphatic rings. The molecule has 1 aromatic heterocycles. The summed E-state index contributed by atoms with van der Waals surface area (Å²) >= 11 is 1.44. The number of hydrogen-bond acceptors (Lipinski definition) is 4. The number of carbonyl (C=O) groups excluding carboxylic acids is 3. The van der Waals surface area contributed by atoms with Crippen molar-refractivity contribution in [2.75, 3.05) is 18.1 Å². The maximum Gasteiger partial charge on any atom is 0.261 e. The number of aryl methyl sites for hydroxylation is 1. The molecule has 0 spiro atoms. The van der Waals surface area contributed by atoms with E-state index < -0.39 is 0 Å². The molecule has 2 aromatic carbocycles. The highest BCUT2D eigenvalue weighted by Gasteiger charge is 2.34. The third kappa shape index (κ3) is 3.06. The molecular weight excluding hydrogens is 360 g/mol. The number of aromatic nitrogens is 1. The van der Waals surface area contributed by atoms with Crippen molar-refractivity contribution in [2.24, 2.45) is 0 Å². The molecule has 2 heterocycles. The van der Waals surface area contributed by atoms with Crippen molar-refractivity contribution in [1.29, 1.82) is 0 Å². The highest BCUT2D eigenvalue weighted by Crippen LogP contribution is 2.25. The molecule has 1 aliphatic heterocycles. The molecule has 6 heteroatoms. The Morgan fingerprint density at radius 3 is 2.33 bits per heavy atom. The molecule has 27 heavy (non-hydrogen) atoms. The quantitative estimate of drug-likeness (QED) is 0.403. The Morgan fingerprint density at radius 1 is 1.00 bits per heavy atom. The molecule has 0 fully saturated rings. The second kappa shape index (κ2) is 7.04. The number of fused-ring (bicyclic) bond motifs is 2. The van der Waals surface area contributed by atoms with Crippen LogP contribution in [0.3, 0.4) is 0 Å². The van der Waals surface area contributed by atoms with Gasteiger partial charge in [0.1, 0.15) is 0 Å². The van der Waals surface area contributed by atoms with Crippen LogP contribution in [-0.2, 0) is 0 Å². The number of amides is 2. The number of carbonyl (C=O) groups is 3. The summed E-state index contributed by atoms with van der Waals surface area (Å²) in [5, 5.41) is 0.931. The van der Waals surface area contributed by atoms with Crippen molar-refractivity contribution in [3.8, 4) is 0 Å². The monoisotopic (exact) mass is 378 g/mol. The van der Waals surface area contributed by atoms with Crippen LogP contribution in [0.5, 0.6) is 0 Å². The minimum atomic E-state index is -0.255. The SMILES string of the molecule is Cc1[nH]c2ccccc2c1C(=O)CSCCN1C(=O)c2ccccc2C1=O. The van der Waals surface area contributed by atoms with E-state index in [2.05, 4.69) is 4.98 Å². The van der Waals surface area contributed by atoms with Crippen LogP contribution in [-0.4, -0.2) is 45.5 Å². The number of ketones is 1. The average Bonchev–Trinajstić information content (AvgIpc) is 3.13. The Kier molecular flexibility index (Phi) is 4.58. The van der Waals surface area contributed by atoms with E-state index in [9.17, 15) is 14.4 Å². The van der Waals surface area contributed by atoms with E-state index >= 15 is 0 Å². The Labute approximate surface area is 160 Å². The summed E-state index contributed by atoms with van der Waals surface area (Å²) in [7, 11) is 0. The lowest BCUT2D eigenvalue weighted by Crippen LogP contribution is -2.32. The molecule has 0 radical (unpaired) electrons. The van der Waals surface area contributed by atoms with Crippen molar-refractivity contribution in [1.82, 2.24) is 9.88 Å². The van der Waals surface area contributed by atoms with Crippen molar-refractivity contribution >= 4 is 40.3 Å². The summed E-state index contributed by atoms with van der Waals surface area (Å²) in [6, 6.07) is 14.6. The zero-order chi connectivity index (χ0) is 19.0. The first-order chi connectivity index (χ1) is 13.1. The van der Waals surface area contributed by atoms with Crippen LogP contribution >= 0.6 is 11.8 Å². The maximum absolute atomic E-state index is 12.7. The summed E-state index contributed by atoms with van der Waals surface area (Å²) in [6.07, 6.45) is 0. The van der Waals surface area contributed by atoms with Crippen LogP contribution in [0.15, 0.2) is 48.5 Å². The number of nitrogens with one attached hydrogen (secondary N) is 1. The summed E-state index contributed by atoms with van der Waals surface area (Å²) in [5.74, 6) is 0.382. The molecule has 0 saturated carbocycles.